The fourth-order valence-electron chi connectivity index (χ4n) is 1.19. The van der Waals surface area contributed by atoms with E-state index in [0.29, 0.717) is 9.99 Å². The van der Waals surface area contributed by atoms with Crippen molar-refractivity contribution >= 4 is 26.8 Å². The summed E-state index contributed by atoms with van der Waals surface area (Å²) < 4.78 is 0.598. The molecule has 0 saturated carbocycles. The van der Waals surface area contributed by atoms with E-state index in [0.717, 1.165) is 5.39 Å². The summed E-state index contributed by atoms with van der Waals surface area (Å²) in [5.41, 5.74) is 0.558. The number of aromatic hydroxyl groups is 1. The molecule has 0 aliphatic carbocycles. The van der Waals surface area contributed by atoms with Gasteiger partial charge in [0.25, 0.3) is 0 Å². The van der Waals surface area contributed by atoms with Crippen LogP contribution in [0.5, 0.6) is 5.75 Å². The third-order valence-corrected chi connectivity index (χ3v) is 2.65. The molecule has 0 amide bonds. The monoisotopic (exact) mass is 239 g/mol. The molecule has 0 radical (unpaired) electrons. The van der Waals surface area contributed by atoms with Crippen LogP contribution in [0.3, 0.4) is 0 Å². The highest BCUT2D eigenvalue weighted by Crippen LogP contribution is 2.30. The molecule has 0 atom stereocenters. The smallest absolute Gasteiger partial charge is 0.248 e. The summed E-state index contributed by atoms with van der Waals surface area (Å²) in [6, 6.07) is 6.28. The Bertz CT molecular complexity index is 518. The van der Waals surface area contributed by atoms with Gasteiger partial charge < -0.3 is 10.1 Å². The molecule has 2 rings (SSSR count). The van der Waals surface area contributed by atoms with Gasteiger partial charge in [0, 0.05) is 17.0 Å². The summed E-state index contributed by atoms with van der Waals surface area (Å²) in [6.45, 7) is 0. The molecular weight excluding hydrogens is 234 g/mol. The average molecular weight is 240 g/mol. The van der Waals surface area contributed by atoms with Crippen LogP contribution in [0.25, 0.3) is 10.9 Å². The second kappa shape index (κ2) is 2.88. The van der Waals surface area contributed by atoms with Crippen molar-refractivity contribution in [2.75, 3.05) is 0 Å². The van der Waals surface area contributed by atoms with E-state index in [4.69, 9.17) is 0 Å². The number of pyridine rings is 1. The van der Waals surface area contributed by atoms with Gasteiger partial charge in [0.05, 0.1) is 4.47 Å². The molecule has 2 aromatic rings. The molecule has 0 unspecified atom stereocenters. The molecule has 66 valence electrons. The fourth-order valence-corrected chi connectivity index (χ4v) is 1.66. The van der Waals surface area contributed by atoms with Crippen LogP contribution in [0, 0.1) is 0 Å². The number of rotatable bonds is 0. The highest BCUT2D eigenvalue weighted by molar-refractivity contribution is 9.10. The first kappa shape index (κ1) is 8.31. The first-order valence-electron chi connectivity index (χ1n) is 3.69. The lowest BCUT2D eigenvalue weighted by Gasteiger charge is -2.01. The molecule has 0 spiro atoms. The van der Waals surface area contributed by atoms with Crippen LogP contribution in [-0.2, 0) is 0 Å². The molecule has 0 saturated heterocycles. The highest BCUT2D eigenvalue weighted by Gasteiger charge is 2.03. The van der Waals surface area contributed by atoms with Gasteiger partial charge in [-0.25, -0.2) is 0 Å². The first-order chi connectivity index (χ1) is 6.18. The van der Waals surface area contributed by atoms with E-state index in [1.807, 2.05) is 0 Å². The minimum absolute atomic E-state index is 0.148. The van der Waals surface area contributed by atoms with Gasteiger partial charge in [-0.1, -0.05) is 0 Å². The molecule has 0 bridgehead atoms. The summed E-state index contributed by atoms with van der Waals surface area (Å²) >= 11 is 3.23. The standard InChI is InChI=1S/C9H6BrNO2/c10-9-5-1-4-8(13)11-6(5)2-3-7(9)12/h1-4,12H,(H,11,13). The van der Waals surface area contributed by atoms with Crippen molar-refractivity contribution in [1.82, 2.24) is 4.98 Å². The Labute approximate surface area is 82.2 Å². The highest BCUT2D eigenvalue weighted by atomic mass is 79.9. The van der Waals surface area contributed by atoms with Gasteiger partial charge in [-0.05, 0) is 34.1 Å². The second-order valence-electron chi connectivity index (χ2n) is 2.68. The van der Waals surface area contributed by atoms with E-state index in [9.17, 15) is 9.90 Å². The third kappa shape index (κ3) is 1.33. The number of hydrogen-bond donors (Lipinski definition) is 2. The number of phenols is 1. The van der Waals surface area contributed by atoms with Gasteiger partial charge in [-0.15, -0.1) is 0 Å². The Morgan fingerprint density at radius 1 is 1.23 bits per heavy atom. The first-order valence-corrected chi connectivity index (χ1v) is 4.48. The van der Waals surface area contributed by atoms with E-state index >= 15 is 0 Å². The van der Waals surface area contributed by atoms with Crippen LogP contribution in [0.1, 0.15) is 0 Å². The van der Waals surface area contributed by atoms with Crippen LogP contribution in [0.2, 0.25) is 0 Å². The Kier molecular flexibility index (Phi) is 1.84. The Hall–Kier alpha value is -1.29. The van der Waals surface area contributed by atoms with Crippen molar-refractivity contribution in [2.24, 2.45) is 0 Å². The molecule has 13 heavy (non-hydrogen) atoms. The lowest BCUT2D eigenvalue weighted by molar-refractivity contribution is 0.473. The van der Waals surface area contributed by atoms with Crippen molar-refractivity contribution in [2.45, 2.75) is 0 Å². The van der Waals surface area contributed by atoms with Crippen molar-refractivity contribution in [3.8, 4) is 5.75 Å². The van der Waals surface area contributed by atoms with Gasteiger partial charge in [-0.3, -0.25) is 4.79 Å². The number of benzene rings is 1. The van der Waals surface area contributed by atoms with Gasteiger partial charge in [0.2, 0.25) is 5.56 Å². The molecular formula is C9H6BrNO2. The van der Waals surface area contributed by atoms with Crippen LogP contribution < -0.4 is 5.56 Å². The predicted molar refractivity (Wildman–Crippen MR) is 53.9 cm³/mol. The van der Waals surface area contributed by atoms with E-state index in [-0.39, 0.29) is 11.3 Å². The van der Waals surface area contributed by atoms with E-state index in [2.05, 4.69) is 20.9 Å². The second-order valence-corrected chi connectivity index (χ2v) is 3.48. The minimum Gasteiger partial charge on any atom is -0.507 e. The molecule has 0 fully saturated rings. The number of fused-ring (bicyclic) bond motifs is 1. The lowest BCUT2D eigenvalue weighted by Crippen LogP contribution is -2.02. The number of halogens is 1. The summed E-state index contributed by atoms with van der Waals surface area (Å²) in [6.07, 6.45) is 0. The maximum atomic E-state index is 10.9. The van der Waals surface area contributed by atoms with Crippen molar-refractivity contribution in [1.29, 1.82) is 0 Å². The quantitative estimate of drug-likeness (QED) is 0.739. The van der Waals surface area contributed by atoms with Crippen LogP contribution in [-0.4, -0.2) is 10.1 Å². The normalized spacial score (nSPS) is 10.5. The molecule has 2 N–H and O–H groups in total. The topological polar surface area (TPSA) is 53.1 Å². The number of aromatic amines is 1. The molecule has 4 heteroatoms. The summed E-state index contributed by atoms with van der Waals surface area (Å²) in [5.74, 6) is 0.166. The maximum Gasteiger partial charge on any atom is 0.248 e. The fraction of sp³-hybridized carbons (Fsp3) is 0. The summed E-state index contributed by atoms with van der Waals surface area (Å²) in [7, 11) is 0. The van der Waals surface area contributed by atoms with Gasteiger partial charge in [0.15, 0.2) is 0 Å². The zero-order chi connectivity index (χ0) is 9.42. The molecule has 1 aromatic heterocycles. The Morgan fingerprint density at radius 3 is 2.77 bits per heavy atom. The zero-order valence-electron chi connectivity index (χ0n) is 6.54. The van der Waals surface area contributed by atoms with Crippen LogP contribution in [0.15, 0.2) is 33.5 Å². The molecule has 1 heterocycles. The van der Waals surface area contributed by atoms with Crippen molar-refractivity contribution in [3.63, 3.8) is 0 Å². The number of H-pyrrole nitrogens is 1. The number of aromatic nitrogens is 1. The predicted octanol–water partition coefficient (Wildman–Crippen LogP) is 2.00. The number of nitrogens with one attached hydrogen (secondary N) is 1. The zero-order valence-corrected chi connectivity index (χ0v) is 8.13. The molecule has 0 aliphatic heterocycles. The van der Waals surface area contributed by atoms with E-state index in [1.54, 1.807) is 12.1 Å². The van der Waals surface area contributed by atoms with Crippen molar-refractivity contribution in [3.05, 3.63) is 39.1 Å². The maximum absolute atomic E-state index is 10.9. The average Bonchev–Trinajstić information content (AvgIpc) is 2.12. The van der Waals surface area contributed by atoms with Crippen LogP contribution >= 0.6 is 15.9 Å². The van der Waals surface area contributed by atoms with E-state index < -0.39 is 0 Å². The molecule has 1 aromatic carbocycles. The van der Waals surface area contributed by atoms with Crippen LogP contribution in [0.4, 0.5) is 0 Å². The largest absolute Gasteiger partial charge is 0.507 e. The summed E-state index contributed by atoms with van der Waals surface area (Å²) in [4.78, 5) is 13.6. The van der Waals surface area contributed by atoms with E-state index in [1.165, 1.54) is 12.1 Å². The van der Waals surface area contributed by atoms with Gasteiger partial charge >= 0.3 is 0 Å². The molecule has 3 nitrogen and oxygen atoms in total. The number of phenolic OH excluding ortho intramolecular Hbond substituents is 1. The molecule has 0 aliphatic rings. The Morgan fingerprint density at radius 2 is 2.00 bits per heavy atom. The SMILES string of the molecule is O=c1ccc2c(Br)c(O)ccc2[nH]1. The third-order valence-electron chi connectivity index (χ3n) is 1.82. The van der Waals surface area contributed by atoms with Crippen molar-refractivity contribution < 1.29 is 5.11 Å². The lowest BCUT2D eigenvalue weighted by atomic mass is 10.2. The Balaban J connectivity index is 2.95. The number of hydrogen-bond acceptors (Lipinski definition) is 2. The minimum atomic E-state index is -0.148. The van der Waals surface area contributed by atoms with Gasteiger partial charge in [0.1, 0.15) is 5.75 Å². The summed E-state index contributed by atoms with van der Waals surface area (Å²) in [5, 5.41) is 10.1. The van der Waals surface area contributed by atoms with Gasteiger partial charge in [-0.2, -0.15) is 0 Å².